The molecule has 1 N–H and O–H groups in total. The molecule has 1 atom stereocenters. The Labute approximate surface area is 188 Å². The minimum absolute atomic E-state index is 0.0544. The maximum absolute atomic E-state index is 13.0. The number of nitrogens with one attached hydrogen (secondary N) is 1. The lowest BCUT2D eigenvalue weighted by atomic mass is 9.98. The molecule has 0 spiro atoms. The monoisotopic (exact) mass is 454 g/mol. The van der Waals surface area contributed by atoms with Gasteiger partial charge in [-0.3, -0.25) is 10.1 Å². The lowest BCUT2D eigenvalue weighted by molar-refractivity contribution is -0.384. The van der Waals surface area contributed by atoms with Gasteiger partial charge < -0.3 is 5.32 Å². The molecule has 4 rings (SSSR count). The fourth-order valence-corrected chi connectivity index (χ4v) is 3.56. The van der Waals surface area contributed by atoms with Crippen LogP contribution >= 0.6 is 23.2 Å². The molecule has 156 valence electrons. The standard InChI is InChI=1S/C22H16Cl2N4O3/c23-16-5-1-14(2-6-16)20-13-21(15-3-7-17(24)8-4-15)27(26-20)22(29)25-18-9-11-19(12-10-18)28(30)31/h1-12,21H,13H2,(H,25,29). The number of hydrogen-bond acceptors (Lipinski definition) is 4. The third kappa shape index (κ3) is 4.68. The number of nitrogens with zero attached hydrogens (tertiary/aromatic N) is 3. The fraction of sp³-hybridized carbons (Fsp3) is 0.0909. The van der Waals surface area contributed by atoms with Crippen molar-refractivity contribution in [3.8, 4) is 0 Å². The molecule has 0 radical (unpaired) electrons. The van der Waals surface area contributed by atoms with Gasteiger partial charge in [0.25, 0.3) is 5.69 Å². The topological polar surface area (TPSA) is 87.8 Å². The molecular formula is C22H16Cl2N4O3. The number of hydrazone groups is 1. The number of halogens is 2. The number of benzene rings is 3. The quantitative estimate of drug-likeness (QED) is 0.371. The Bertz CT molecular complexity index is 1150. The summed E-state index contributed by atoms with van der Waals surface area (Å²) in [5.41, 5.74) is 2.88. The predicted octanol–water partition coefficient (Wildman–Crippen LogP) is 6.28. The summed E-state index contributed by atoms with van der Waals surface area (Å²) in [6.45, 7) is 0. The first-order chi connectivity index (χ1) is 14.9. The zero-order valence-electron chi connectivity index (χ0n) is 16.0. The summed E-state index contributed by atoms with van der Waals surface area (Å²) >= 11 is 12.0. The summed E-state index contributed by atoms with van der Waals surface area (Å²) in [6, 6.07) is 19.4. The van der Waals surface area contributed by atoms with Gasteiger partial charge in [0.1, 0.15) is 0 Å². The van der Waals surface area contributed by atoms with Crippen LogP contribution in [0.4, 0.5) is 16.2 Å². The molecule has 1 aliphatic heterocycles. The summed E-state index contributed by atoms with van der Waals surface area (Å²) in [6.07, 6.45) is 0.511. The molecule has 2 amide bonds. The summed E-state index contributed by atoms with van der Waals surface area (Å²) < 4.78 is 0. The van der Waals surface area contributed by atoms with Crippen molar-refractivity contribution >= 4 is 46.3 Å². The Hall–Kier alpha value is -3.42. The van der Waals surface area contributed by atoms with Gasteiger partial charge in [-0.15, -0.1) is 0 Å². The molecule has 0 aromatic heterocycles. The second kappa shape index (κ2) is 8.75. The van der Waals surface area contributed by atoms with Gasteiger partial charge in [0.15, 0.2) is 0 Å². The van der Waals surface area contributed by atoms with E-state index in [1.807, 2.05) is 24.3 Å². The number of carbonyl (C=O) groups is 1. The summed E-state index contributed by atoms with van der Waals surface area (Å²) in [5, 5.41) is 20.7. The normalized spacial score (nSPS) is 15.5. The molecule has 0 saturated heterocycles. The Morgan fingerprint density at radius 3 is 2.13 bits per heavy atom. The molecule has 7 nitrogen and oxygen atoms in total. The van der Waals surface area contributed by atoms with Gasteiger partial charge >= 0.3 is 6.03 Å². The number of non-ortho nitro benzene ring substituents is 1. The second-order valence-electron chi connectivity index (χ2n) is 6.90. The summed E-state index contributed by atoms with van der Waals surface area (Å²) in [5.74, 6) is 0. The average Bonchev–Trinajstić information content (AvgIpc) is 3.21. The molecule has 0 bridgehead atoms. The smallest absolute Gasteiger partial charge is 0.306 e. The third-order valence-electron chi connectivity index (χ3n) is 4.88. The van der Waals surface area contributed by atoms with Gasteiger partial charge in [-0.2, -0.15) is 5.10 Å². The third-order valence-corrected chi connectivity index (χ3v) is 5.38. The van der Waals surface area contributed by atoms with Crippen molar-refractivity contribution in [2.75, 3.05) is 5.32 Å². The van der Waals surface area contributed by atoms with E-state index in [-0.39, 0.29) is 11.7 Å². The predicted molar refractivity (Wildman–Crippen MR) is 121 cm³/mol. The second-order valence-corrected chi connectivity index (χ2v) is 7.78. The van der Waals surface area contributed by atoms with Crippen LogP contribution in [0.5, 0.6) is 0 Å². The van der Waals surface area contributed by atoms with Crippen LogP contribution in [0.1, 0.15) is 23.6 Å². The number of nitro groups is 1. The SMILES string of the molecule is O=C(Nc1ccc([N+](=O)[O-])cc1)N1N=C(c2ccc(Cl)cc2)CC1c1ccc(Cl)cc1. The summed E-state index contributed by atoms with van der Waals surface area (Å²) in [7, 11) is 0. The van der Waals surface area contributed by atoms with E-state index in [1.165, 1.54) is 29.3 Å². The first kappa shape index (κ1) is 20.8. The van der Waals surface area contributed by atoms with Crippen molar-refractivity contribution in [2.24, 2.45) is 5.10 Å². The van der Waals surface area contributed by atoms with Crippen molar-refractivity contribution in [2.45, 2.75) is 12.5 Å². The lowest BCUT2D eigenvalue weighted by Gasteiger charge is -2.22. The van der Waals surface area contributed by atoms with Crippen LogP contribution in [-0.4, -0.2) is 21.7 Å². The molecule has 0 fully saturated rings. The maximum atomic E-state index is 13.0. The largest absolute Gasteiger partial charge is 0.342 e. The molecule has 1 aliphatic rings. The number of hydrogen-bond donors (Lipinski definition) is 1. The molecular weight excluding hydrogens is 439 g/mol. The van der Waals surface area contributed by atoms with Crippen LogP contribution in [0, 0.1) is 10.1 Å². The highest BCUT2D eigenvalue weighted by molar-refractivity contribution is 6.31. The van der Waals surface area contributed by atoms with Crippen molar-refractivity contribution in [3.63, 3.8) is 0 Å². The zero-order valence-corrected chi connectivity index (χ0v) is 17.5. The number of nitro benzene ring substituents is 1. The fourth-order valence-electron chi connectivity index (χ4n) is 3.31. The number of anilines is 1. The van der Waals surface area contributed by atoms with E-state index in [4.69, 9.17) is 23.2 Å². The van der Waals surface area contributed by atoms with Crippen molar-refractivity contribution < 1.29 is 9.72 Å². The van der Waals surface area contributed by atoms with Crippen molar-refractivity contribution in [1.82, 2.24) is 5.01 Å². The minimum atomic E-state index is -0.495. The molecule has 3 aromatic carbocycles. The van der Waals surface area contributed by atoms with Crippen LogP contribution in [0.3, 0.4) is 0 Å². The van der Waals surface area contributed by atoms with Gasteiger partial charge in [0.2, 0.25) is 0 Å². The van der Waals surface area contributed by atoms with Gasteiger partial charge in [0.05, 0.1) is 16.7 Å². The molecule has 0 aliphatic carbocycles. The van der Waals surface area contributed by atoms with Gasteiger partial charge in [0, 0.05) is 34.3 Å². The van der Waals surface area contributed by atoms with Gasteiger partial charge in [-0.1, -0.05) is 47.5 Å². The van der Waals surface area contributed by atoms with Gasteiger partial charge in [-0.25, -0.2) is 9.80 Å². The van der Waals surface area contributed by atoms with Crippen LogP contribution in [0.15, 0.2) is 77.9 Å². The van der Waals surface area contributed by atoms with E-state index in [0.717, 1.165) is 16.8 Å². The summed E-state index contributed by atoms with van der Waals surface area (Å²) in [4.78, 5) is 23.4. The number of urea groups is 1. The highest BCUT2D eigenvalue weighted by atomic mass is 35.5. The number of carbonyl (C=O) groups excluding carboxylic acids is 1. The zero-order chi connectivity index (χ0) is 22.0. The Morgan fingerprint density at radius 2 is 1.55 bits per heavy atom. The average molecular weight is 455 g/mol. The highest BCUT2D eigenvalue weighted by Gasteiger charge is 2.33. The van der Waals surface area contributed by atoms with E-state index in [0.29, 0.717) is 22.2 Å². The van der Waals surface area contributed by atoms with E-state index in [1.54, 1.807) is 24.3 Å². The van der Waals surface area contributed by atoms with E-state index < -0.39 is 11.0 Å². The number of amides is 2. The molecule has 3 aromatic rings. The van der Waals surface area contributed by atoms with E-state index in [2.05, 4.69) is 10.4 Å². The minimum Gasteiger partial charge on any atom is -0.306 e. The van der Waals surface area contributed by atoms with E-state index in [9.17, 15) is 14.9 Å². The Morgan fingerprint density at radius 1 is 0.968 bits per heavy atom. The molecule has 1 unspecified atom stereocenters. The van der Waals surface area contributed by atoms with Crippen LogP contribution in [-0.2, 0) is 0 Å². The van der Waals surface area contributed by atoms with Crippen molar-refractivity contribution in [3.05, 3.63) is 104 Å². The Kier molecular flexibility index (Phi) is 5.88. The highest BCUT2D eigenvalue weighted by Crippen LogP contribution is 2.34. The van der Waals surface area contributed by atoms with Crippen LogP contribution in [0.2, 0.25) is 10.0 Å². The molecule has 1 heterocycles. The Balaban J connectivity index is 1.62. The molecule has 0 saturated carbocycles. The molecule has 9 heteroatoms. The first-order valence-corrected chi connectivity index (χ1v) is 10.1. The van der Waals surface area contributed by atoms with E-state index >= 15 is 0 Å². The number of rotatable bonds is 4. The lowest BCUT2D eigenvalue weighted by Crippen LogP contribution is -2.31. The van der Waals surface area contributed by atoms with Crippen LogP contribution < -0.4 is 5.32 Å². The van der Waals surface area contributed by atoms with Gasteiger partial charge in [-0.05, 0) is 47.5 Å². The van der Waals surface area contributed by atoms with Crippen molar-refractivity contribution in [1.29, 1.82) is 0 Å². The molecule has 31 heavy (non-hydrogen) atoms. The first-order valence-electron chi connectivity index (χ1n) is 9.34. The van der Waals surface area contributed by atoms with Crippen LogP contribution in [0.25, 0.3) is 0 Å². The maximum Gasteiger partial charge on any atom is 0.342 e.